The maximum atomic E-state index is 11.6. The average molecular weight is 263 g/mol. The van der Waals surface area contributed by atoms with Gasteiger partial charge in [-0.1, -0.05) is 39.0 Å². The lowest BCUT2D eigenvalue weighted by atomic mass is 9.85. The van der Waals surface area contributed by atoms with Crippen LogP contribution in [0.5, 0.6) is 0 Å². The van der Waals surface area contributed by atoms with Crippen LogP contribution in [0.15, 0.2) is 18.2 Å². The number of hydrogen-bond acceptors (Lipinski definition) is 3. The number of benzene rings is 1. The van der Waals surface area contributed by atoms with Crippen molar-refractivity contribution >= 4 is 5.91 Å². The van der Waals surface area contributed by atoms with E-state index in [4.69, 9.17) is 5.73 Å². The fourth-order valence-corrected chi connectivity index (χ4v) is 1.94. The molecule has 0 bridgehead atoms. The van der Waals surface area contributed by atoms with Gasteiger partial charge in [0.15, 0.2) is 0 Å². The molecule has 0 radical (unpaired) electrons. The lowest BCUT2D eigenvalue weighted by Crippen LogP contribution is -2.46. The number of nitrogens with one attached hydrogen (secondary N) is 2. The molecule has 106 valence electrons. The molecular formula is C15H25N3O. The minimum Gasteiger partial charge on any atom is -0.320 e. The third-order valence-electron chi connectivity index (χ3n) is 3.23. The monoisotopic (exact) mass is 263 g/mol. The number of carbonyl (C=O) groups is 1. The van der Waals surface area contributed by atoms with Gasteiger partial charge in [-0.2, -0.15) is 0 Å². The van der Waals surface area contributed by atoms with Gasteiger partial charge in [-0.15, -0.1) is 0 Å². The molecule has 0 aliphatic carbocycles. The average Bonchev–Trinajstić information content (AvgIpc) is 2.30. The highest BCUT2D eigenvalue weighted by atomic mass is 16.2. The molecular weight excluding hydrogens is 238 g/mol. The van der Waals surface area contributed by atoms with Crippen molar-refractivity contribution < 1.29 is 4.79 Å². The molecule has 0 saturated heterocycles. The standard InChI is InChI=1S/C15H25N3O/c1-10-8-12(15(2,3)4)7-6-11(10)9-13(16)14(19)18-17-5/h6-8,13,17H,9,16H2,1-5H3,(H,18,19). The highest BCUT2D eigenvalue weighted by Gasteiger charge is 2.17. The molecule has 1 rings (SSSR count). The summed E-state index contributed by atoms with van der Waals surface area (Å²) >= 11 is 0. The van der Waals surface area contributed by atoms with Crippen molar-refractivity contribution in [1.29, 1.82) is 0 Å². The second-order valence-electron chi connectivity index (χ2n) is 5.94. The Balaban J connectivity index is 2.83. The molecule has 1 aromatic rings. The smallest absolute Gasteiger partial charge is 0.251 e. The highest BCUT2D eigenvalue weighted by molar-refractivity contribution is 5.81. The fourth-order valence-electron chi connectivity index (χ4n) is 1.94. The molecule has 1 atom stereocenters. The summed E-state index contributed by atoms with van der Waals surface area (Å²) in [6, 6.07) is 5.83. The largest absolute Gasteiger partial charge is 0.320 e. The van der Waals surface area contributed by atoms with Crippen molar-refractivity contribution in [3.8, 4) is 0 Å². The lowest BCUT2D eigenvalue weighted by molar-refractivity contribution is -0.123. The van der Waals surface area contributed by atoms with E-state index in [9.17, 15) is 4.79 Å². The Morgan fingerprint density at radius 1 is 1.37 bits per heavy atom. The summed E-state index contributed by atoms with van der Waals surface area (Å²) in [5, 5.41) is 0. The van der Waals surface area contributed by atoms with E-state index < -0.39 is 6.04 Å². The van der Waals surface area contributed by atoms with E-state index >= 15 is 0 Å². The Morgan fingerprint density at radius 2 is 2.00 bits per heavy atom. The van der Waals surface area contributed by atoms with E-state index in [1.165, 1.54) is 11.1 Å². The molecule has 1 aromatic carbocycles. The van der Waals surface area contributed by atoms with Crippen LogP contribution in [0.4, 0.5) is 0 Å². The molecule has 0 aromatic heterocycles. The number of hydrazine groups is 1. The van der Waals surface area contributed by atoms with E-state index in [0.29, 0.717) is 6.42 Å². The predicted octanol–water partition coefficient (Wildman–Crippen LogP) is 1.41. The van der Waals surface area contributed by atoms with Crippen molar-refractivity contribution in [1.82, 2.24) is 10.9 Å². The molecule has 19 heavy (non-hydrogen) atoms. The third-order valence-corrected chi connectivity index (χ3v) is 3.23. The van der Waals surface area contributed by atoms with Crippen molar-refractivity contribution in [3.63, 3.8) is 0 Å². The number of rotatable bonds is 4. The first-order chi connectivity index (χ1) is 8.75. The molecule has 4 heteroatoms. The van der Waals surface area contributed by atoms with Crippen LogP contribution in [0.3, 0.4) is 0 Å². The summed E-state index contributed by atoms with van der Waals surface area (Å²) < 4.78 is 0. The fraction of sp³-hybridized carbons (Fsp3) is 0.533. The van der Waals surface area contributed by atoms with Crippen molar-refractivity contribution in [2.45, 2.75) is 45.6 Å². The second-order valence-corrected chi connectivity index (χ2v) is 5.94. The van der Waals surface area contributed by atoms with E-state index in [0.717, 1.165) is 5.56 Å². The molecule has 0 saturated carbocycles. The van der Waals surface area contributed by atoms with E-state index in [1.54, 1.807) is 7.05 Å². The van der Waals surface area contributed by atoms with Gasteiger partial charge in [-0.3, -0.25) is 10.2 Å². The van der Waals surface area contributed by atoms with Gasteiger partial charge in [-0.05, 0) is 35.4 Å². The highest BCUT2D eigenvalue weighted by Crippen LogP contribution is 2.24. The molecule has 0 fully saturated rings. The van der Waals surface area contributed by atoms with Gasteiger partial charge in [0.25, 0.3) is 5.91 Å². The summed E-state index contributed by atoms with van der Waals surface area (Å²) in [6.07, 6.45) is 0.545. The van der Waals surface area contributed by atoms with Crippen molar-refractivity contribution in [2.24, 2.45) is 5.73 Å². The van der Waals surface area contributed by atoms with Crippen LogP contribution in [-0.4, -0.2) is 19.0 Å². The molecule has 0 aliphatic rings. The Hall–Kier alpha value is -1.39. The van der Waals surface area contributed by atoms with Gasteiger partial charge in [0, 0.05) is 7.05 Å². The first kappa shape index (κ1) is 15.7. The number of carbonyl (C=O) groups excluding carboxylic acids is 1. The zero-order valence-electron chi connectivity index (χ0n) is 12.5. The minimum atomic E-state index is -0.536. The second kappa shape index (κ2) is 6.17. The van der Waals surface area contributed by atoms with Gasteiger partial charge in [0.1, 0.15) is 0 Å². The first-order valence-corrected chi connectivity index (χ1v) is 6.58. The SMILES string of the molecule is CNNC(=O)C(N)Cc1ccc(C(C)(C)C)cc1C. The Kier molecular flexibility index (Phi) is 5.09. The van der Waals surface area contributed by atoms with Crippen LogP contribution >= 0.6 is 0 Å². The number of aryl methyl sites for hydroxylation is 1. The van der Waals surface area contributed by atoms with Crippen LogP contribution in [0.2, 0.25) is 0 Å². The lowest BCUT2D eigenvalue weighted by Gasteiger charge is -2.21. The zero-order chi connectivity index (χ0) is 14.6. The number of hydrogen-bond donors (Lipinski definition) is 3. The topological polar surface area (TPSA) is 67.1 Å². The van der Waals surface area contributed by atoms with Crippen LogP contribution in [0.1, 0.15) is 37.5 Å². The summed E-state index contributed by atoms with van der Waals surface area (Å²) in [5.41, 5.74) is 14.7. The van der Waals surface area contributed by atoms with Gasteiger partial charge in [0.2, 0.25) is 0 Å². The van der Waals surface area contributed by atoms with E-state index in [1.807, 2.05) is 0 Å². The summed E-state index contributed by atoms with van der Waals surface area (Å²) in [6.45, 7) is 8.63. The number of nitrogens with two attached hydrogens (primary N) is 1. The first-order valence-electron chi connectivity index (χ1n) is 6.58. The maximum Gasteiger partial charge on any atom is 0.251 e. The van der Waals surface area contributed by atoms with E-state index in [2.05, 4.69) is 56.7 Å². The van der Waals surface area contributed by atoms with Crippen LogP contribution in [0.25, 0.3) is 0 Å². The third kappa shape index (κ3) is 4.33. The quantitative estimate of drug-likeness (QED) is 0.720. The summed E-state index contributed by atoms with van der Waals surface area (Å²) in [4.78, 5) is 11.6. The van der Waals surface area contributed by atoms with Gasteiger partial charge >= 0.3 is 0 Å². The minimum absolute atomic E-state index is 0.134. The van der Waals surface area contributed by atoms with Gasteiger partial charge in [0.05, 0.1) is 6.04 Å². The normalized spacial score (nSPS) is 13.2. The Labute approximate surface area is 115 Å². The molecule has 4 N–H and O–H groups in total. The molecule has 1 amide bonds. The maximum absolute atomic E-state index is 11.6. The van der Waals surface area contributed by atoms with Crippen LogP contribution in [-0.2, 0) is 16.6 Å². The molecule has 4 nitrogen and oxygen atoms in total. The molecule has 0 aliphatic heterocycles. The molecule has 1 unspecified atom stereocenters. The summed E-state index contributed by atoms with van der Waals surface area (Å²) in [7, 11) is 1.65. The zero-order valence-corrected chi connectivity index (χ0v) is 12.5. The Morgan fingerprint density at radius 3 is 2.47 bits per heavy atom. The van der Waals surface area contributed by atoms with Gasteiger partial charge in [-0.25, -0.2) is 5.43 Å². The van der Waals surface area contributed by atoms with Crippen LogP contribution in [0, 0.1) is 6.92 Å². The summed E-state index contributed by atoms with van der Waals surface area (Å²) in [5.74, 6) is -0.193. The van der Waals surface area contributed by atoms with Crippen molar-refractivity contribution in [3.05, 3.63) is 34.9 Å². The van der Waals surface area contributed by atoms with Crippen LogP contribution < -0.4 is 16.6 Å². The van der Waals surface area contributed by atoms with Gasteiger partial charge < -0.3 is 5.73 Å². The molecule has 0 spiro atoms. The Bertz CT molecular complexity index is 449. The van der Waals surface area contributed by atoms with E-state index in [-0.39, 0.29) is 11.3 Å². The van der Waals surface area contributed by atoms with Crippen molar-refractivity contribution in [2.75, 3.05) is 7.05 Å². The number of amides is 1. The molecule has 0 heterocycles. The predicted molar refractivity (Wildman–Crippen MR) is 78.8 cm³/mol.